The summed E-state index contributed by atoms with van der Waals surface area (Å²) in [6, 6.07) is 36.6. The molecule has 4 aromatic rings. The van der Waals surface area contributed by atoms with E-state index in [1.807, 2.05) is 11.0 Å². The van der Waals surface area contributed by atoms with Crippen LogP contribution >= 0.6 is 0 Å². The van der Waals surface area contributed by atoms with Crippen molar-refractivity contribution in [2.45, 2.75) is 43.7 Å². The Labute approximate surface area is 224 Å². The van der Waals surface area contributed by atoms with Crippen LogP contribution in [0.4, 0.5) is 4.79 Å². The van der Waals surface area contributed by atoms with E-state index in [9.17, 15) is 4.79 Å². The summed E-state index contributed by atoms with van der Waals surface area (Å²) in [5.74, 6) is 0.0882. The number of piperidine rings is 1. The van der Waals surface area contributed by atoms with Crippen molar-refractivity contribution < 1.29 is 9.53 Å². The fourth-order valence-electron chi connectivity index (χ4n) is 6.70. The molecule has 38 heavy (non-hydrogen) atoms. The molecule has 2 bridgehead atoms. The number of rotatable bonds is 4. The third kappa shape index (κ3) is 4.03. The van der Waals surface area contributed by atoms with Crippen LogP contribution in [-0.4, -0.2) is 29.7 Å². The Bertz CT molecular complexity index is 1460. The van der Waals surface area contributed by atoms with Gasteiger partial charge in [0.2, 0.25) is 0 Å². The first-order chi connectivity index (χ1) is 18.8. The Morgan fingerprint density at radius 2 is 1.32 bits per heavy atom. The van der Waals surface area contributed by atoms with E-state index in [0.717, 1.165) is 25.7 Å². The van der Waals surface area contributed by atoms with Gasteiger partial charge in [-0.2, -0.15) is 0 Å². The van der Waals surface area contributed by atoms with Crippen LogP contribution in [0, 0.1) is 0 Å². The second kappa shape index (κ2) is 9.64. The van der Waals surface area contributed by atoms with E-state index in [1.165, 1.54) is 44.5 Å². The maximum absolute atomic E-state index is 13.5. The highest BCUT2D eigenvalue weighted by Gasteiger charge is 2.39. The van der Waals surface area contributed by atoms with Gasteiger partial charge >= 0.3 is 6.09 Å². The van der Waals surface area contributed by atoms with Crippen LogP contribution in [0.2, 0.25) is 0 Å². The molecule has 0 spiro atoms. The predicted molar refractivity (Wildman–Crippen MR) is 153 cm³/mol. The maximum Gasteiger partial charge on any atom is 0.410 e. The summed E-state index contributed by atoms with van der Waals surface area (Å²) < 4.78 is 6.08. The van der Waals surface area contributed by atoms with Crippen molar-refractivity contribution in [2.75, 3.05) is 6.61 Å². The first kappa shape index (κ1) is 23.0. The van der Waals surface area contributed by atoms with Crippen LogP contribution in [0.15, 0.2) is 109 Å². The van der Waals surface area contributed by atoms with E-state index in [0.29, 0.717) is 6.61 Å². The smallest absolute Gasteiger partial charge is 0.410 e. The van der Waals surface area contributed by atoms with Gasteiger partial charge in [0.25, 0.3) is 0 Å². The zero-order valence-corrected chi connectivity index (χ0v) is 21.4. The molecule has 2 unspecified atom stereocenters. The molecule has 0 N–H and O–H groups in total. The number of nitrogens with zero attached hydrogens (tertiary/aromatic N) is 1. The SMILES string of the molecule is O=C(OCC1c2ccccc2-c2ccccc21)N1C2C=C(c3ccc(-c4ccccc4)cc3)CC1CCC2. The molecule has 1 aliphatic carbocycles. The Morgan fingerprint density at radius 3 is 2.00 bits per heavy atom. The second-order valence-electron chi connectivity index (χ2n) is 10.7. The lowest BCUT2D eigenvalue weighted by molar-refractivity contribution is 0.0539. The molecule has 3 heteroatoms. The van der Waals surface area contributed by atoms with Crippen LogP contribution in [0.5, 0.6) is 0 Å². The molecule has 7 rings (SSSR count). The summed E-state index contributed by atoms with van der Waals surface area (Å²) in [6.07, 6.45) is 6.20. The average molecular weight is 498 g/mol. The fourth-order valence-corrected chi connectivity index (χ4v) is 6.70. The van der Waals surface area contributed by atoms with E-state index in [1.54, 1.807) is 0 Å². The van der Waals surface area contributed by atoms with Gasteiger partial charge in [-0.1, -0.05) is 109 Å². The predicted octanol–water partition coefficient (Wildman–Crippen LogP) is 8.31. The van der Waals surface area contributed by atoms with Crippen LogP contribution < -0.4 is 0 Å². The summed E-state index contributed by atoms with van der Waals surface area (Å²) >= 11 is 0. The Morgan fingerprint density at radius 1 is 0.711 bits per heavy atom. The van der Waals surface area contributed by atoms with Crippen LogP contribution in [-0.2, 0) is 4.74 Å². The minimum Gasteiger partial charge on any atom is -0.448 e. The molecule has 188 valence electrons. The van der Waals surface area contributed by atoms with Gasteiger partial charge in [0.1, 0.15) is 6.61 Å². The average Bonchev–Trinajstić information content (AvgIpc) is 3.29. The number of hydrogen-bond donors (Lipinski definition) is 0. The normalized spacial score (nSPS) is 19.9. The number of ether oxygens (including phenoxy) is 1. The Balaban J connectivity index is 1.09. The van der Waals surface area contributed by atoms with Gasteiger partial charge in [-0.05, 0) is 70.2 Å². The minimum absolute atomic E-state index is 0.0882. The molecule has 0 aromatic heterocycles. The lowest BCUT2D eigenvalue weighted by Crippen LogP contribution is -2.51. The van der Waals surface area contributed by atoms with Crippen molar-refractivity contribution in [3.63, 3.8) is 0 Å². The number of fused-ring (bicyclic) bond motifs is 5. The fraction of sp³-hybridized carbons (Fsp3) is 0.229. The quantitative estimate of drug-likeness (QED) is 0.284. The molecular weight excluding hydrogens is 466 g/mol. The largest absolute Gasteiger partial charge is 0.448 e. The molecule has 0 radical (unpaired) electrons. The molecule has 4 aromatic carbocycles. The van der Waals surface area contributed by atoms with Crippen molar-refractivity contribution in [3.05, 3.63) is 126 Å². The van der Waals surface area contributed by atoms with Gasteiger partial charge < -0.3 is 4.74 Å². The highest BCUT2D eigenvalue weighted by atomic mass is 16.6. The highest BCUT2D eigenvalue weighted by molar-refractivity contribution is 5.79. The molecule has 3 nitrogen and oxygen atoms in total. The summed E-state index contributed by atoms with van der Waals surface area (Å²) in [4.78, 5) is 15.5. The summed E-state index contributed by atoms with van der Waals surface area (Å²) in [5, 5.41) is 0. The standard InChI is InChI=1S/C35H31NO2/c37-35(38-23-34-32-15-6-4-13-30(32)31-14-5-7-16-33(31)34)36-28-11-8-12-29(36)22-27(21-28)26-19-17-25(18-20-26)24-9-2-1-3-10-24/h1-7,9-10,13-21,28-29,34H,8,11-12,22-23H2. The second-order valence-corrected chi connectivity index (χ2v) is 10.7. The molecule has 2 heterocycles. The minimum atomic E-state index is -0.170. The van der Waals surface area contributed by atoms with Gasteiger partial charge in [0.05, 0.1) is 6.04 Å². The molecule has 1 fully saturated rings. The molecule has 2 atom stereocenters. The van der Waals surface area contributed by atoms with Gasteiger partial charge in [0.15, 0.2) is 0 Å². The number of carbonyl (C=O) groups is 1. The van der Waals surface area contributed by atoms with Gasteiger partial charge in [-0.15, -0.1) is 0 Å². The maximum atomic E-state index is 13.5. The zero-order chi connectivity index (χ0) is 25.5. The molecule has 3 aliphatic rings. The highest BCUT2D eigenvalue weighted by Crippen LogP contribution is 2.45. The van der Waals surface area contributed by atoms with E-state index in [4.69, 9.17) is 4.74 Å². The number of hydrogen-bond acceptors (Lipinski definition) is 2. The van der Waals surface area contributed by atoms with E-state index in [2.05, 4.69) is 103 Å². The Kier molecular flexibility index (Phi) is 5.85. The van der Waals surface area contributed by atoms with Crippen LogP contribution in [0.3, 0.4) is 0 Å². The lowest BCUT2D eigenvalue weighted by atomic mass is 9.83. The van der Waals surface area contributed by atoms with Gasteiger partial charge in [0, 0.05) is 12.0 Å². The number of carbonyl (C=O) groups excluding carboxylic acids is 1. The van der Waals surface area contributed by atoms with Crippen LogP contribution in [0.25, 0.3) is 27.8 Å². The third-order valence-corrected chi connectivity index (χ3v) is 8.55. The van der Waals surface area contributed by atoms with E-state index in [-0.39, 0.29) is 24.1 Å². The topological polar surface area (TPSA) is 29.5 Å². The molecule has 2 aliphatic heterocycles. The number of benzene rings is 4. The first-order valence-electron chi connectivity index (χ1n) is 13.8. The van der Waals surface area contributed by atoms with Crippen molar-refractivity contribution in [1.29, 1.82) is 0 Å². The molecular formula is C35H31NO2. The lowest BCUT2D eigenvalue weighted by Gasteiger charge is -2.44. The van der Waals surface area contributed by atoms with E-state index >= 15 is 0 Å². The number of amides is 1. The summed E-state index contributed by atoms with van der Waals surface area (Å²) in [5.41, 5.74) is 10.1. The Hall–Kier alpha value is -4.11. The summed E-state index contributed by atoms with van der Waals surface area (Å²) in [7, 11) is 0. The molecule has 1 amide bonds. The zero-order valence-electron chi connectivity index (χ0n) is 21.4. The molecule has 1 saturated heterocycles. The van der Waals surface area contributed by atoms with Crippen molar-refractivity contribution >= 4 is 11.7 Å². The third-order valence-electron chi connectivity index (χ3n) is 8.55. The summed E-state index contributed by atoms with van der Waals surface area (Å²) in [6.45, 7) is 0.375. The van der Waals surface area contributed by atoms with Crippen molar-refractivity contribution in [1.82, 2.24) is 4.90 Å². The molecule has 0 saturated carbocycles. The van der Waals surface area contributed by atoms with Crippen molar-refractivity contribution in [3.8, 4) is 22.3 Å². The first-order valence-corrected chi connectivity index (χ1v) is 13.8. The van der Waals surface area contributed by atoms with Crippen molar-refractivity contribution in [2.24, 2.45) is 0 Å². The monoisotopic (exact) mass is 497 g/mol. The van der Waals surface area contributed by atoms with E-state index < -0.39 is 0 Å². The van der Waals surface area contributed by atoms with Gasteiger partial charge in [-0.3, -0.25) is 4.90 Å². The van der Waals surface area contributed by atoms with Crippen LogP contribution in [0.1, 0.15) is 48.3 Å². The van der Waals surface area contributed by atoms with Gasteiger partial charge in [-0.25, -0.2) is 4.79 Å².